The molecule has 25 heavy (non-hydrogen) atoms. The summed E-state index contributed by atoms with van der Waals surface area (Å²) in [5, 5.41) is 2.98. The summed E-state index contributed by atoms with van der Waals surface area (Å²) in [5.74, 6) is -1.74. The van der Waals surface area contributed by atoms with Gasteiger partial charge in [-0.15, -0.1) is 11.3 Å². The molecule has 0 aliphatic rings. The Morgan fingerprint density at radius 3 is 2.40 bits per heavy atom. The molecule has 1 aromatic heterocycles. The van der Waals surface area contributed by atoms with Crippen molar-refractivity contribution in [2.75, 3.05) is 5.32 Å². The molecule has 3 aromatic rings. The molecule has 1 amide bonds. The summed E-state index contributed by atoms with van der Waals surface area (Å²) < 4.78 is 27.9. The lowest BCUT2D eigenvalue weighted by atomic mass is 10.1. The van der Waals surface area contributed by atoms with Gasteiger partial charge >= 0.3 is 0 Å². The van der Waals surface area contributed by atoms with E-state index in [0.29, 0.717) is 16.3 Å². The second kappa shape index (κ2) is 6.72. The third-order valence-corrected chi connectivity index (χ3v) is 4.98. The van der Waals surface area contributed by atoms with Crippen LogP contribution < -0.4 is 5.32 Å². The monoisotopic (exact) mass is 358 g/mol. The SMILES string of the molecule is Cc1ccc(NC(=O)c2sc(-c3c(F)cccc3F)nc2C)c(C)c1. The van der Waals surface area contributed by atoms with E-state index in [2.05, 4.69) is 10.3 Å². The number of anilines is 1. The minimum atomic E-state index is -0.699. The molecule has 128 valence electrons. The number of hydrogen-bond acceptors (Lipinski definition) is 3. The number of carbonyl (C=O) groups excluding carboxylic acids is 1. The standard InChI is InChI=1S/C19H16F2N2OS/c1-10-7-8-15(11(2)9-10)23-18(24)17-12(3)22-19(25-17)16-13(20)5-4-6-14(16)21/h4-9H,1-3H3,(H,23,24). The van der Waals surface area contributed by atoms with Crippen LogP contribution >= 0.6 is 11.3 Å². The minimum Gasteiger partial charge on any atom is -0.321 e. The highest BCUT2D eigenvalue weighted by atomic mass is 32.1. The Morgan fingerprint density at radius 1 is 1.08 bits per heavy atom. The highest BCUT2D eigenvalue weighted by molar-refractivity contribution is 7.17. The van der Waals surface area contributed by atoms with Crippen LogP contribution in [-0.2, 0) is 0 Å². The summed E-state index contributed by atoms with van der Waals surface area (Å²) in [4.78, 5) is 17.1. The van der Waals surface area contributed by atoms with Crippen molar-refractivity contribution >= 4 is 22.9 Å². The van der Waals surface area contributed by atoms with Crippen LogP contribution in [0.2, 0.25) is 0 Å². The summed E-state index contributed by atoms with van der Waals surface area (Å²) in [6.07, 6.45) is 0. The quantitative estimate of drug-likeness (QED) is 0.693. The van der Waals surface area contributed by atoms with E-state index in [1.165, 1.54) is 18.2 Å². The molecule has 0 saturated carbocycles. The first-order chi connectivity index (χ1) is 11.9. The van der Waals surface area contributed by atoms with Crippen LogP contribution in [0.1, 0.15) is 26.5 Å². The zero-order chi connectivity index (χ0) is 18.1. The summed E-state index contributed by atoms with van der Waals surface area (Å²) in [7, 11) is 0. The van der Waals surface area contributed by atoms with Crippen molar-refractivity contribution in [3.63, 3.8) is 0 Å². The zero-order valence-electron chi connectivity index (χ0n) is 14.0. The van der Waals surface area contributed by atoms with E-state index in [1.54, 1.807) is 6.92 Å². The fourth-order valence-electron chi connectivity index (χ4n) is 2.55. The molecule has 0 bridgehead atoms. The number of thiazole rings is 1. The summed E-state index contributed by atoms with van der Waals surface area (Å²) in [5.41, 5.74) is 2.96. The number of nitrogens with zero attached hydrogens (tertiary/aromatic N) is 1. The Balaban J connectivity index is 1.93. The van der Waals surface area contributed by atoms with Gasteiger partial charge in [0.15, 0.2) is 0 Å². The molecule has 0 radical (unpaired) electrons. The van der Waals surface area contributed by atoms with Gasteiger partial charge in [-0.2, -0.15) is 0 Å². The van der Waals surface area contributed by atoms with Gasteiger partial charge in [0.25, 0.3) is 5.91 Å². The van der Waals surface area contributed by atoms with Crippen LogP contribution in [0.4, 0.5) is 14.5 Å². The molecular weight excluding hydrogens is 342 g/mol. The first-order valence-electron chi connectivity index (χ1n) is 7.67. The van der Waals surface area contributed by atoms with E-state index in [4.69, 9.17) is 0 Å². The largest absolute Gasteiger partial charge is 0.321 e. The fraction of sp³-hybridized carbons (Fsp3) is 0.158. The number of aromatic nitrogens is 1. The molecule has 0 saturated heterocycles. The molecule has 0 spiro atoms. The molecule has 3 nitrogen and oxygen atoms in total. The second-order valence-electron chi connectivity index (χ2n) is 5.80. The second-order valence-corrected chi connectivity index (χ2v) is 6.80. The van der Waals surface area contributed by atoms with Gasteiger partial charge in [-0.1, -0.05) is 23.8 Å². The molecule has 0 aliphatic heterocycles. The van der Waals surface area contributed by atoms with Gasteiger partial charge in [0, 0.05) is 5.69 Å². The summed E-state index contributed by atoms with van der Waals surface area (Å²) >= 11 is 0.974. The summed E-state index contributed by atoms with van der Waals surface area (Å²) in [6, 6.07) is 9.34. The minimum absolute atomic E-state index is 0.152. The van der Waals surface area contributed by atoms with Crippen LogP contribution in [-0.4, -0.2) is 10.9 Å². The molecular formula is C19H16F2N2OS. The van der Waals surface area contributed by atoms with Crippen molar-refractivity contribution in [3.05, 3.63) is 69.7 Å². The molecule has 2 aromatic carbocycles. The topological polar surface area (TPSA) is 42.0 Å². The fourth-order valence-corrected chi connectivity index (χ4v) is 3.56. The number of rotatable bonds is 3. The molecule has 0 fully saturated rings. The van der Waals surface area contributed by atoms with Crippen molar-refractivity contribution in [1.29, 1.82) is 0 Å². The van der Waals surface area contributed by atoms with E-state index >= 15 is 0 Å². The van der Waals surface area contributed by atoms with Crippen LogP contribution in [0, 0.1) is 32.4 Å². The number of carbonyl (C=O) groups is 1. The number of aryl methyl sites for hydroxylation is 3. The molecule has 0 aliphatic carbocycles. The molecule has 6 heteroatoms. The van der Waals surface area contributed by atoms with E-state index in [1.807, 2.05) is 32.0 Å². The van der Waals surface area contributed by atoms with Gasteiger partial charge in [-0.25, -0.2) is 13.8 Å². The lowest BCUT2D eigenvalue weighted by Crippen LogP contribution is -2.12. The van der Waals surface area contributed by atoms with E-state index in [0.717, 1.165) is 22.5 Å². The predicted molar refractivity (Wildman–Crippen MR) is 96.1 cm³/mol. The van der Waals surface area contributed by atoms with Crippen molar-refractivity contribution in [2.45, 2.75) is 20.8 Å². The lowest BCUT2D eigenvalue weighted by molar-refractivity contribution is 0.102. The zero-order valence-corrected chi connectivity index (χ0v) is 14.8. The first-order valence-corrected chi connectivity index (χ1v) is 8.49. The third kappa shape index (κ3) is 3.44. The normalized spacial score (nSPS) is 10.8. The number of nitrogens with one attached hydrogen (secondary N) is 1. The third-order valence-electron chi connectivity index (χ3n) is 3.81. The number of benzene rings is 2. The van der Waals surface area contributed by atoms with Crippen molar-refractivity contribution in [2.24, 2.45) is 0 Å². The Labute approximate surface area is 148 Å². The highest BCUT2D eigenvalue weighted by Crippen LogP contribution is 2.32. The average Bonchev–Trinajstić information content (AvgIpc) is 2.91. The first kappa shape index (κ1) is 17.2. The van der Waals surface area contributed by atoms with Gasteiger partial charge in [-0.3, -0.25) is 4.79 Å². The van der Waals surface area contributed by atoms with E-state index in [-0.39, 0.29) is 16.5 Å². The average molecular weight is 358 g/mol. The smallest absolute Gasteiger partial charge is 0.267 e. The van der Waals surface area contributed by atoms with Gasteiger partial charge in [0.05, 0.1) is 11.3 Å². The predicted octanol–water partition coefficient (Wildman–Crippen LogP) is 5.27. The van der Waals surface area contributed by atoms with Crippen LogP contribution in [0.25, 0.3) is 10.6 Å². The van der Waals surface area contributed by atoms with Crippen LogP contribution in [0.15, 0.2) is 36.4 Å². The highest BCUT2D eigenvalue weighted by Gasteiger charge is 2.21. The Kier molecular flexibility index (Phi) is 4.63. The number of halogens is 2. The van der Waals surface area contributed by atoms with E-state index in [9.17, 15) is 13.6 Å². The number of amides is 1. The van der Waals surface area contributed by atoms with E-state index < -0.39 is 11.6 Å². The number of hydrogen-bond donors (Lipinski definition) is 1. The van der Waals surface area contributed by atoms with Crippen LogP contribution in [0.5, 0.6) is 0 Å². The molecule has 1 N–H and O–H groups in total. The Morgan fingerprint density at radius 2 is 1.76 bits per heavy atom. The maximum atomic E-state index is 13.9. The van der Waals surface area contributed by atoms with Crippen molar-refractivity contribution in [1.82, 2.24) is 4.98 Å². The van der Waals surface area contributed by atoms with Gasteiger partial charge in [-0.05, 0) is 44.5 Å². The molecule has 1 heterocycles. The van der Waals surface area contributed by atoms with Gasteiger partial charge in [0.2, 0.25) is 0 Å². The summed E-state index contributed by atoms with van der Waals surface area (Å²) in [6.45, 7) is 5.53. The molecule has 3 rings (SSSR count). The molecule has 0 atom stereocenters. The maximum absolute atomic E-state index is 13.9. The van der Waals surface area contributed by atoms with Crippen molar-refractivity contribution < 1.29 is 13.6 Å². The lowest BCUT2D eigenvalue weighted by Gasteiger charge is -2.08. The van der Waals surface area contributed by atoms with Crippen LogP contribution in [0.3, 0.4) is 0 Å². The maximum Gasteiger partial charge on any atom is 0.267 e. The van der Waals surface area contributed by atoms with Gasteiger partial charge in [0.1, 0.15) is 21.5 Å². The van der Waals surface area contributed by atoms with Crippen molar-refractivity contribution in [3.8, 4) is 10.6 Å². The van der Waals surface area contributed by atoms with Gasteiger partial charge < -0.3 is 5.32 Å². The Bertz CT molecular complexity index is 946. The Hall–Kier alpha value is -2.60. The molecule has 0 unspecified atom stereocenters.